The Balaban J connectivity index is 0.00000264. The number of piperidine rings is 1. The first-order chi connectivity index (χ1) is 10.6. The van der Waals surface area contributed by atoms with E-state index in [2.05, 4.69) is 17.6 Å². The van der Waals surface area contributed by atoms with Crippen LogP contribution in [-0.4, -0.2) is 25.5 Å². The summed E-state index contributed by atoms with van der Waals surface area (Å²) in [5.74, 6) is 1.25. The lowest BCUT2D eigenvalue weighted by Gasteiger charge is -2.27. The minimum Gasteiger partial charge on any atom is -0.356 e. The summed E-state index contributed by atoms with van der Waals surface area (Å²) in [6.07, 6.45) is 3.69. The number of nitrogens with one attached hydrogen (secondary N) is 2. The highest BCUT2D eigenvalue weighted by atomic mass is 35.5. The van der Waals surface area contributed by atoms with Gasteiger partial charge in [-0.15, -0.1) is 12.4 Å². The molecule has 130 valence electrons. The van der Waals surface area contributed by atoms with Crippen LogP contribution in [0.5, 0.6) is 0 Å². The van der Waals surface area contributed by atoms with Gasteiger partial charge < -0.3 is 10.6 Å². The third kappa shape index (κ3) is 6.88. The highest BCUT2D eigenvalue weighted by molar-refractivity contribution is 6.35. The summed E-state index contributed by atoms with van der Waals surface area (Å²) in [5, 5.41) is 7.65. The van der Waals surface area contributed by atoms with Crippen molar-refractivity contribution in [3.8, 4) is 0 Å². The van der Waals surface area contributed by atoms with E-state index in [1.807, 2.05) is 12.1 Å². The van der Waals surface area contributed by atoms with Crippen molar-refractivity contribution in [1.82, 2.24) is 10.6 Å². The maximum absolute atomic E-state index is 12.0. The first kappa shape index (κ1) is 20.6. The Kier molecular flexibility index (Phi) is 9.30. The molecule has 0 aliphatic carbocycles. The van der Waals surface area contributed by atoms with Crippen LogP contribution in [0.4, 0.5) is 0 Å². The van der Waals surface area contributed by atoms with Crippen molar-refractivity contribution in [2.45, 2.75) is 32.6 Å². The average molecular weight is 380 g/mol. The van der Waals surface area contributed by atoms with Gasteiger partial charge in [-0.3, -0.25) is 4.79 Å². The maximum atomic E-state index is 12.0. The maximum Gasteiger partial charge on any atom is 0.220 e. The molecule has 2 N–H and O–H groups in total. The van der Waals surface area contributed by atoms with E-state index in [4.69, 9.17) is 23.2 Å². The lowest BCUT2D eigenvalue weighted by molar-refractivity contribution is -0.122. The first-order valence-electron chi connectivity index (χ1n) is 7.97. The summed E-state index contributed by atoms with van der Waals surface area (Å²) >= 11 is 12.0. The second-order valence-corrected chi connectivity index (χ2v) is 6.95. The van der Waals surface area contributed by atoms with Crippen molar-refractivity contribution in [1.29, 1.82) is 0 Å². The smallest absolute Gasteiger partial charge is 0.220 e. The van der Waals surface area contributed by atoms with E-state index in [1.165, 1.54) is 12.8 Å². The largest absolute Gasteiger partial charge is 0.356 e. The second-order valence-electron chi connectivity index (χ2n) is 6.10. The summed E-state index contributed by atoms with van der Waals surface area (Å²) < 4.78 is 0. The van der Waals surface area contributed by atoms with Crippen LogP contribution in [0.1, 0.15) is 31.7 Å². The normalized spacial score (nSPS) is 16.5. The van der Waals surface area contributed by atoms with Gasteiger partial charge in [-0.25, -0.2) is 0 Å². The molecule has 1 heterocycles. The van der Waals surface area contributed by atoms with Gasteiger partial charge in [0.15, 0.2) is 0 Å². The molecule has 1 aliphatic heterocycles. The topological polar surface area (TPSA) is 41.1 Å². The fourth-order valence-corrected chi connectivity index (χ4v) is 3.51. The van der Waals surface area contributed by atoms with Crippen LogP contribution in [0.2, 0.25) is 10.0 Å². The van der Waals surface area contributed by atoms with E-state index in [0.29, 0.717) is 34.8 Å². The second kappa shape index (κ2) is 10.4. The van der Waals surface area contributed by atoms with Gasteiger partial charge in [0.1, 0.15) is 0 Å². The molecule has 1 aromatic carbocycles. The standard InChI is InChI=1S/C17H24Cl2N2O.ClH/c1-12(13-4-7-20-8-5-13)10-17(22)21-9-6-14-2-3-15(18)11-16(14)19;/h2-3,11-13,20H,4-10H2,1H3,(H,21,22);1H. The van der Waals surface area contributed by atoms with Crippen molar-refractivity contribution in [3.05, 3.63) is 33.8 Å². The highest BCUT2D eigenvalue weighted by Crippen LogP contribution is 2.24. The summed E-state index contributed by atoms with van der Waals surface area (Å²) in [7, 11) is 0. The number of halogens is 3. The first-order valence-corrected chi connectivity index (χ1v) is 8.73. The van der Waals surface area contributed by atoms with Crippen molar-refractivity contribution in [2.24, 2.45) is 11.8 Å². The Morgan fingerprint density at radius 3 is 2.70 bits per heavy atom. The molecule has 23 heavy (non-hydrogen) atoms. The van der Waals surface area contributed by atoms with Gasteiger partial charge in [-0.1, -0.05) is 36.2 Å². The Hall–Kier alpha value is -0.480. The number of benzene rings is 1. The summed E-state index contributed by atoms with van der Waals surface area (Å²) in [5.41, 5.74) is 1.01. The van der Waals surface area contributed by atoms with Crippen molar-refractivity contribution in [2.75, 3.05) is 19.6 Å². The fourth-order valence-electron chi connectivity index (χ4n) is 3.01. The molecule has 2 rings (SSSR count). The van der Waals surface area contributed by atoms with Crippen LogP contribution >= 0.6 is 35.6 Å². The zero-order valence-electron chi connectivity index (χ0n) is 13.4. The Morgan fingerprint density at radius 2 is 2.04 bits per heavy atom. The summed E-state index contributed by atoms with van der Waals surface area (Å²) in [6, 6.07) is 5.47. The van der Waals surface area contributed by atoms with Gasteiger partial charge in [0.25, 0.3) is 0 Å². The summed E-state index contributed by atoms with van der Waals surface area (Å²) in [6.45, 7) is 4.95. The SMILES string of the molecule is CC(CC(=O)NCCc1ccc(Cl)cc1Cl)C1CCNCC1.Cl. The molecule has 0 aromatic heterocycles. The van der Waals surface area contributed by atoms with Crippen LogP contribution < -0.4 is 10.6 Å². The molecule has 6 heteroatoms. The Bertz CT molecular complexity index is 505. The lowest BCUT2D eigenvalue weighted by Crippen LogP contribution is -2.34. The van der Waals surface area contributed by atoms with Crippen LogP contribution in [0.25, 0.3) is 0 Å². The Morgan fingerprint density at radius 1 is 1.35 bits per heavy atom. The minimum atomic E-state index is 0. The molecule has 1 amide bonds. The Labute approximate surface area is 154 Å². The summed E-state index contributed by atoms with van der Waals surface area (Å²) in [4.78, 5) is 12.0. The van der Waals surface area contributed by atoms with Gasteiger partial charge in [0, 0.05) is 23.0 Å². The van der Waals surface area contributed by atoms with E-state index >= 15 is 0 Å². The third-order valence-corrected chi connectivity index (χ3v) is 5.01. The van der Waals surface area contributed by atoms with Gasteiger partial charge >= 0.3 is 0 Å². The van der Waals surface area contributed by atoms with Crippen LogP contribution in [0, 0.1) is 11.8 Å². The molecule has 0 spiro atoms. The number of carbonyl (C=O) groups is 1. The van der Waals surface area contributed by atoms with Gasteiger partial charge in [0.05, 0.1) is 0 Å². The molecule has 1 fully saturated rings. The van der Waals surface area contributed by atoms with E-state index in [0.717, 1.165) is 25.1 Å². The van der Waals surface area contributed by atoms with E-state index < -0.39 is 0 Å². The van der Waals surface area contributed by atoms with Gasteiger partial charge in [-0.05, 0) is 61.9 Å². The molecular weight excluding hydrogens is 355 g/mol. The van der Waals surface area contributed by atoms with Crippen molar-refractivity contribution >= 4 is 41.5 Å². The highest BCUT2D eigenvalue weighted by Gasteiger charge is 2.21. The molecule has 1 atom stereocenters. The van der Waals surface area contributed by atoms with Gasteiger partial charge in [-0.2, -0.15) is 0 Å². The predicted molar refractivity (Wildman–Crippen MR) is 99.8 cm³/mol. The molecule has 0 radical (unpaired) electrons. The molecule has 0 saturated carbocycles. The molecule has 1 unspecified atom stereocenters. The number of carbonyl (C=O) groups excluding carboxylic acids is 1. The molecule has 1 saturated heterocycles. The van der Waals surface area contributed by atoms with Gasteiger partial charge in [0.2, 0.25) is 5.91 Å². The average Bonchev–Trinajstić information content (AvgIpc) is 2.50. The van der Waals surface area contributed by atoms with E-state index in [1.54, 1.807) is 6.07 Å². The number of hydrogen-bond acceptors (Lipinski definition) is 2. The third-order valence-electron chi connectivity index (χ3n) is 4.43. The van der Waals surface area contributed by atoms with Crippen molar-refractivity contribution < 1.29 is 4.79 Å². The number of hydrogen-bond donors (Lipinski definition) is 2. The van der Waals surface area contributed by atoms with Crippen molar-refractivity contribution in [3.63, 3.8) is 0 Å². The lowest BCUT2D eigenvalue weighted by atomic mass is 9.84. The molecular formula is C17H25Cl3N2O. The fraction of sp³-hybridized carbons (Fsp3) is 0.588. The zero-order valence-corrected chi connectivity index (χ0v) is 15.7. The quantitative estimate of drug-likeness (QED) is 0.781. The zero-order chi connectivity index (χ0) is 15.9. The molecule has 1 aromatic rings. The predicted octanol–water partition coefficient (Wildman–Crippen LogP) is 4.10. The molecule has 3 nitrogen and oxygen atoms in total. The number of rotatable bonds is 6. The molecule has 1 aliphatic rings. The minimum absolute atomic E-state index is 0. The van der Waals surface area contributed by atoms with Crippen LogP contribution in [-0.2, 0) is 11.2 Å². The van der Waals surface area contributed by atoms with Crippen LogP contribution in [0.15, 0.2) is 18.2 Å². The monoisotopic (exact) mass is 378 g/mol. The number of amides is 1. The molecule has 0 bridgehead atoms. The van der Waals surface area contributed by atoms with E-state index in [9.17, 15) is 4.79 Å². The van der Waals surface area contributed by atoms with Crippen LogP contribution in [0.3, 0.4) is 0 Å². The van der Waals surface area contributed by atoms with E-state index in [-0.39, 0.29) is 18.3 Å².